The van der Waals surface area contributed by atoms with Crippen molar-refractivity contribution < 1.29 is 9.18 Å². The minimum Gasteiger partial charge on any atom is -0.369 e. The highest BCUT2D eigenvalue weighted by atomic mass is 19.1. The Morgan fingerprint density at radius 2 is 2.00 bits per heavy atom. The van der Waals surface area contributed by atoms with E-state index < -0.39 is 0 Å². The summed E-state index contributed by atoms with van der Waals surface area (Å²) in [6.07, 6.45) is 5.37. The number of nitrogens with one attached hydrogen (secondary N) is 2. The monoisotopic (exact) mass is 403 g/mol. The number of anilines is 1. The van der Waals surface area contributed by atoms with Gasteiger partial charge in [-0.15, -0.1) is 0 Å². The Labute approximate surface area is 173 Å². The van der Waals surface area contributed by atoms with Crippen molar-refractivity contribution in [3.63, 3.8) is 0 Å². The molecule has 0 fully saturated rings. The van der Waals surface area contributed by atoms with Gasteiger partial charge in [0.1, 0.15) is 17.3 Å². The van der Waals surface area contributed by atoms with Crippen LogP contribution in [-0.4, -0.2) is 26.8 Å². The first-order valence-corrected chi connectivity index (χ1v) is 9.78. The van der Waals surface area contributed by atoms with Crippen LogP contribution in [0.15, 0.2) is 73.2 Å². The Morgan fingerprint density at radius 3 is 2.80 bits per heavy atom. The fraction of sp³-hybridized carbons (Fsp3) is 0.174. The molecular formula is C23H22FN5O. The Hall–Kier alpha value is -3.74. The zero-order valence-corrected chi connectivity index (χ0v) is 16.5. The average Bonchev–Trinajstić information content (AvgIpc) is 3.13. The molecule has 152 valence electrons. The number of rotatable bonds is 7. The van der Waals surface area contributed by atoms with Crippen molar-refractivity contribution in [1.82, 2.24) is 19.7 Å². The normalized spacial score (nSPS) is 11.9. The lowest BCUT2D eigenvalue weighted by molar-refractivity contribution is -0.121. The number of carbonyl (C=O) groups excluding carboxylic acids is 1. The molecule has 0 spiro atoms. The van der Waals surface area contributed by atoms with Gasteiger partial charge in [-0.25, -0.2) is 9.37 Å². The lowest BCUT2D eigenvalue weighted by atomic mass is 10.1. The topological polar surface area (TPSA) is 71.3 Å². The third-order valence-corrected chi connectivity index (χ3v) is 4.85. The van der Waals surface area contributed by atoms with Gasteiger partial charge in [0.05, 0.1) is 12.2 Å². The largest absolute Gasteiger partial charge is 0.369 e. The third-order valence-electron chi connectivity index (χ3n) is 4.85. The summed E-state index contributed by atoms with van der Waals surface area (Å²) in [7, 11) is 0. The van der Waals surface area contributed by atoms with Gasteiger partial charge in [-0.1, -0.05) is 42.5 Å². The average molecular weight is 403 g/mol. The summed E-state index contributed by atoms with van der Waals surface area (Å²) >= 11 is 0. The molecule has 1 amide bonds. The SMILES string of the molecule is C[C@H](NC(=O)CCNc1c(-c2cccc(F)c2)nc2cnccn12)c1ccccc1. The molecule has 2 N–H and O–H groups in total. The predicted molar refractivity (Wildman–Crippen MR) is 114 cm³/mol. The molecule has 0 radical (unpaired) electrons. The summed E-state index contributed by atoms with van der Waals surface area (Å²) in [4.78, 5) is 21.1. The van der Waals surface area contributed by atoms with Crippen LogP contribution in [0.1, 0.15) is 24.9 Å². The summed E-state index contributed by atoms with van der Waals surface area (Å²) in [5.74, 6) is 0.312. The maximum atomic E-state index is 13.7. The van der Waals surface area contributed by atoms with Gasteiger partial charge in [0.15, 0.2) is 5.65 Å². The number of nitrogens with zero attached hydrogens (tertiary/aromatic N) is 3. The van der Waals surface area contributed by atoms with Crippen LogP contribution in [0.3, 0.4) is 0 Å². The van der Waals surface area contributed by atoms with Crippen molar-refractivity contribution >= 4 is 17.4 Å². The highest BCUT2D eigenvalue weighted by molar-refractivity contribution is 5.79. The molecule has 30 heavy (non-hydrogen) atoms. The number of amides is 1. The van der Waals surface area contributed by atoms with Crippen LogP contribution in [-0.2, 0) is 4.79 Å². The minimum atomic E-state index is -0.331. The van der Waals surface area contributed by atoms with Crippen LogP contribution in [0.5, 0.6) is 0 Å². The Balaban J connectivity index is 1.47. The number of aromatic nitrogens is 3. The van der Waals surface area contributed by atoms with Crippen LogP contribution < -0.4 is 10.6 Å². The Kier molecular flexibility index (Phi) is 5.70. The van der Waals surface area contributed by atoms with E-state index in [1.165, 1.54) is 12.1 Å². The van der Waals surface area contributed by atoms with E-state index in [2.05, 4.69) is 20.6 Å². The lowest BCUT2D eigenvalue weighted by Crippen LogP contribution is -2.28. The molecule has 2 heterocycles. The van der Waals surface area contributed by atoms with E-state index in [0.29, 0.717) is 29.3 Å². The third kappa shape index (κ3) is 4.30. The Morgan fingerprint density at radius 1 is 1.17 bits per heavy atom. The zero-order chi connectivity index (χ0) is 20.9. The number of imidazole rings is 1. The van der Waals surface area contributed by atoms with Crippen LogP contribution in [0, 0.1) is 5.82 Å². The molecule has 4 rings (SSSR count). The van der Waals surface area contributed by atoms with Crippen molar-refractivity contribution in [2.24, 2.45) is 0 Å². The molecule has 0 saturated heterocycles. The molecule has 0 aliphatic heterocycles. The molecular weight excluding hydrogens is 381 g/mol. The first-order valence-electron chi connectivity index (χ1n) is 9.78. The molecule has 0 bridgehead atoms. The molecule has 0 unspecified atom stereocenters. The van der Waals surface area contributed by atoms with Crippen molar-refractivity contribution in [1.29, 1.82) is 0 Å². The van der Waals surface area contributed by atoms with Crippen molar-refractivity contribution in [2.45, 2.75) is 19.4 Å². The van der Waals surface area contributed by atoms with E-state index in [-0.39, 0.29) is 24.2 Å². The standard InChI is InChI=1S/C23H22FN5O/c1-16(17-6-3-2-4-7-17)27-21(30)10-11-26-23-22(18-8-5-9-19(24)14-18)28-20-15-25-12-13-29(20)23/h2-9,12-16,26H,10-11H2,1H3,(H,27,30)/t16-/m0/s1. The minimum absolute atomic E-state index is 0.0540. The van der Waals surface area contributed by atoms with Gasteiger partial charge < -0.3 is 10.6 Å². The first kappa shape index (κ1) is 19.6. The number of hydrogen-bond acceptors (Lipinski definition) is 4. The van der Waals surface area contributed by atoms with Gasteiger partial charge >= 0.3 is 0 Å². The van der Waals surface area contributed by atoms with Gasteiger partial charge in [-0.3, -0.25) is 14.2 Å². The van der Waals surface area contributed by atoms with Crippen LogP contribution in [0.25, 0.3) is 16.9 Å². The molecule has 6 nitrogen and oxygen atoms in total. The van der Waals surface area contributed by atoms with Gasteiger partial charge in [-0.2, -0.15) is 0 Å². The number of halogens is 1. The molecule has 2 aromatic heterocycles. The second-order valence-electron chi connectivity index (χ2n) is 7.00. The summed E-state index contributed by atoms with van der Waals surface area (Å²) in [6, 6.07) is 16.0. The highest BCUT2D eigenvalue weighted by Crippen LogP contribution is 2.28. The van der Waals surface area contributed by atoms with Crippen molar-refractivity contribution in [3.8, 4) is 11.3 Å². The van der Waals surface area contributed by atoms with Crippen LogP contribution >= 0.6 is 0 Å². The van der Waals surface area contributed by atoms with E-state index in [1.807, 2.05) is 41.7 Å². The van der Waals surface area contributed by atoms with E-state index in [4.69, 9.17) is 0 Å². The molecule has 7 heteroatoms. The maximum Gasteiger partial charge on any atom is 0.222 e. The lowest BCUT2D eigenvalue weighted by Gasteiger charge is -2.15. The van der Waals surface area contributed by atoms with Crippen molar-refractivity contribution in [3.05, 3.63) is 84.6 Å². The fourth-order valence-electron chi connectivity index (χ4n) is 3.35. The second-order valence-corrected chi connectivity index (χ2v) is 7.00. The summed E-state index contributed by atoms with van der Waals surface area (Å²) in [5, 5.41) is 6.29. The zero-order valence-electron chi connectivity index (χ0n) is 16.5. The summed E-state index contributed by atoms with van der Waals surface area (Å²) in [6.45, 7) is 2.37. The number of carbonyl (C=O) groups is 1. The van der Waals surface area contributed by atoms with E-state index >= 15 is 0 Å². The predicted octanol–water partition coefficient (Wildman–Crippen LogP) is 4.21. The van der Waals surface area contributed by atoms with Gasteiger partial charge in [0.2, 0.25) is 5.91 Å². The summed E-state index contributed by atoms with van der Waals surface area (Å²) < 4.78 is 15.6. The van der Waals surface area contributed by atoms with Crippen LogP contribution in [0.2, 0.25) is 0 Å². The summed E-state index contributed by atoms with van der Waals surface area (Å²) in [5.41, 5.74) is 2.96. The van der Waals surface area contributed by atoms with Gasteiger partial charge in [-0.05, 0) is 24.6 Å². The van der Waals surface area contributed by atoms with E-state index in [9.17, 15) is 9.18 Å². The van der Waals surface area contributed by atoms with Crippen molar-refractivity contribution in [2.75, 3.05) is 11.9 Å². The number of hydrogen-bond donors (Lipinski definition) is 2. The van der Waals surface area contributed by atoms with Gasteiger partial charge in [0, 0.05) is 30.9 Å². The first-order chi connectivity index (χ1) is 14.6. The molecule has 4 aromatic rings. The molecule has 0 aliphatic carbocycles. The number of benzene rings is 2. The van der Waals surface area contributed by atoms with Gasteiger partial charge in [0.25, 0.3) is 0 Å². The Bertz CT molecular complexity index is 1160. The maximum absolute atomic E-state index is 13.7. The molecule has 0 aliphatic rings. The fourth-order valence-corrected chi connectivity index (χ4v) is 3.35. The number of fused-ring (bicyclic) bond motifs is 1. The molecule has 1 atom stereocenters. The van der Waals surface area contributed by atoms with Crippen LogP contribution in [0.4, 0.5) is 10.2 Å². The molecule has 2 aromatic carbocycles. The van der Waals surface area contributed by atoms with E-state index in [1.54, 1.807) is 30.7 Å². The highest BCUT2D eigenvalue weighted by Gasteiger charge is 2.15. The molecule has 0 saturated carbocycles. The second kappa shape index (κ2) is 8.73. The smallest absolute Gasteiger partial charge is 0.222 e. The quantitative estimate of drug-likeness (QED) is 0.485. The van der Waals surface area contributed by atoms with E-state index in [0.717, 1.165) is 5.56 Å².